The van der Waals surface area contributed by atoms with Crippen molar-refractivity contribution in [2.24, 2.45) is 0 Å². The number of hydrogen-bond donors (Lipinski definition) is 2. The van der Waals surface area contributed by atoms with Crippen LogP contribution in [0.5, 0.6) is 5.75 Å². The van der Waals surface area contributed by atoms with Gasteiger partial charge >= 0.3 is 0 Å². The third-order valence-corrected chi connectivity index (χ3v) is 4.86. The standard InChI is InChI=1S/C22H23N3O/c1-26-20-8-6-16(7-9-20)4-5-17-10-12-23-19(13-17)14-18-15-25-22-21(18)3-2-11-24-22/h2-11,15,19,23H,12-14H2,1H3,(H,24,25). The highest BCUT2D eigenvalue weighted by Gasteiger charge is 2.16. The van der Waals surface area contributed by atoms with E-state index in [0.29, 0.717) is 6.04 Å². The fourth-order valence-electron chi connectivity index (χ4n) is 3.44. The van der Waals surface area contributed by atoms with Crippen molar-refractivity contribution >= 4 is 17.1 Å². The molecule has 4 heteroatoms. The van der Waals surface area contributed by atoms with Crippen LogP contribution < -0.4 is 10.1 Å². The summed E-state index contributed by atoms with van der Waals surface area (Å²) in [4.78, 5) is 7.64. The largest absolute Gasteiger partial charge is 0.497 e. The van der Waals surface area contributed by atoms with Crippen LogP contribution in [0.2, 0.25) is 0 Å². The summed E-state index contributed by atoms with van der Waals surface area (Å²) >= 11 is 0. The Hall–Kier alpha value is -2.85. The molecule has 132 valence electrons. The smallest absolute Gasteiger partial charge is 0.137 e. The lowest BCUT2D eigenvalue weighted by Crippen LogP contribution is -2.34. The summed E-state index contributed by atoms with van der Waals surface area (Å²) in [5.74, 6) is 0.886. The molecule has 0 spiro atoms. The van der Waals surface area contributed by atoms with Crippen molar-refractivity contribution < 1.29 is 4.74 Å². The van der Waals surface area contributed by atoms with Crippen molar-refractivity contribution in [3.63, 3.8) is 0 Å². The summed E-state index contributed by atoms with van der Waals surface area (Å²) in [6, 6.07) is 12.7. The molecule has 0 aliphatic carbocycles. The molecule has 4 rings (SSSR count). The molecule has 1 aliphatic heterocycles. The van der Waals surface area contributed by atoms with Crippen LogP contribution >= 0.6 is 0 Å². The predicted octanol–water partition coefficient (Wildman–Crippen LogP) is 4.12. The Balaban J connectivity index is 1.42. The molecule has 1 unspecified atom stereocenters. The summed E-state index contributed by atoms with van der Waals surface area (Å²) in [6.45, 7) is 0.910. The van der Waals surface area contributed by atoms with E-state index >= 15 is 0 Å². The van der Waals surface area contributed by atoms with Gasteiger partial charge in [-0.1, -0.05) is 30.4 Å². The van der Waals surface area contributed by atoms with E-state index in [1.54, 1.807) is 7.11 Å². The number of hydrogen-bond acceptors (Lipinski definition) is 3. The van der Waals surface area contributed by atoms with Gasteiger partial charge in [-0.25, -0.2) is 4.98 Å². The van der Waals surface area contributed by atoms with Crippen LogP contribution in [0.3, 0.4) is 0 Å². The Kier molecular flexibility index (Phi) is 4.84. The lowest BCUT2D eigenvalue weighted by atomic mass is 9.95. The number of pyridine rings is 1. The average Bonchev–Trinajstić information content (AvgIpc) is 3.10. The van der Waals surface area contributed by atoms with Crippen LogP contribution in [0.1, 0.15) is 17.5 Å². The zero-order chi connectivity index (χ0) is 17.8. The SMILES string of the molecule is COc1ccc(C=CC2=CCNC(Cc3c[nH]c4ncccc34)C2)cc1. The van der Waals surface area contributed by atoms with E-state index in [1.165, 1.54) is 22.1 Å². The van der Waals surface area contributed by atoms with E-state index in [4.69, 9.17) is 4.74 Å². The molecule has 0 bridgehead atoms. The molecular weight excluding hydrogens is 322 g/mol. The van der Waals surface area contributed by atoms with E-state index in [2.05, 4.69) is 57.9 Å². The van der Waals surface area contributed by atoms with Crippen molar-refractivity contribution in [1.29, 1.82) is 0 Å². The van der Waals surface area contributed by atoms with E-state index in [1.807, 2.05) is 24.4 Å². The lowest BCUT2D eigenvalue weighted by molar-refractivity contribution is 0.415. The molecule has 0 amide bonds. The minimum Gasteiger partial charge on any atom is -0.497 e. The molecule has 1 aromatic carbocycles. The first-order chi connectivity index (χ1) is 12.8. The van der Waals surface area contributed by atoms with Crippen molar-refractivity contribution in [3.8, 4) is 5.75 Å². The third-order valence-electron chi connectivity index (χ3n) is 4.86. The topological polar surface area (TPSA) is 49.9 Å². The number of ether oxygens (including phenoxy) is 1. The molecule has 2 aromatic heterocycles. The molecule has 0 saturated carbocycles. The van der Waals surface area contributed by atoms with Gasteiger partial charge in [-0.3, -0.25) is 0 Å². The minimum absolute atomic E-state index is 0.440. The molecule has 3 aromatic rings. The van der Waals surface area contributed by atoms with Crippen molar-refractivity contribution in [2.75, 3.05) is 13.7 Å². The van der Waals surface area contributed by atoms with E-state index in [0.717, 1.165) is 30.8 Å². The second kappa shape index (κ2) is 7.58. The molecule has 26 heavy (non-hydrogen) atoms. The third kappa shape index (κ3) is 3.70. The molecular formula is C22H23N3O. The maximum Gasteiger partial charge on any atom is 0.137 e. The maximum atomic E-state index is 5.21. The maximum absolute atomic E-state index is 5.21. The van der Waals surface area contributed by atoms with Crippen LogP contribution in [0.15, 0.2) is 66.5 Å². The van der Waals surface area contributed by atoms with Crippen LogP contribution in [-0.2, 0) is 6.42 Å². The van der Waals surface area contributed by atoms with Gasteiger partial charge in [0.05, 0.1) is 7.11 Å². The highest BCUT2D eigenvalue weighted by molar-refractivity contribution is 5.79. The highest BCUT2D eigenvalue weighted by Crippen LogP contribution is 2.22. The first-order valence-corrected chi connectivity index (χ1v) is 8.97. The number of aromatic amines is 1. The fourth-order valence-corrected chi connectivity index (χ4v) is 3.44. The second-order valence-corrected chi connectivity index (χ2v) is 6.61. The van der Waals surface area contributed by atoms with Gasteiger partial charge in [-0.05, 0) is 53.8 Å². The Bertz CT molecular complexity index is 937. The highest BCUT2D eigenvalue weighted by atomic mass is 16.5. The molecule has 1 atom stereocenters. The number of H-pyrrole nitrogens is 1. The number of nitrogens with one attached hydrogen (secondary N) is 2. The number of fused-ring (bicyclic) bond motifs is 1. The van der Waals surface area contributed by atoms with Crippen LogP contribution in [0, 0.1) is 0 Å². The summed E-state index contributed by atoms with van der Waals surface area (Å²) in [5, 5.41) is 4.83. The van der Waals surface area contributed by atoms with Gasteiger partial charge in [-0.2, -0.15) is 0 Å². The van der Waals surface area contributed by atoms with Crippen molar-refractivity contribution in [2.45, 2.75) is 18.9 Å². The molecule has 1 aliphatic rings. The first kappa shape index (κ1) is 16.6. The number of nitrogens with zero attached hydrogens (tertiary/aromatic N) is 1. The molecule has 2 N–H and O–H groups in total. The van der Waals surface area contributed by atoms with Crippen LogP contribution in [-0.4, -0.2) is 29.7 Å². The van der Waals surface area contributed by atoms with Gasteiger partial charge in [0.15, 0.2) is 0 Å². The number of allylic oxidation sites excluding steroid dienone is 1. The fraction of sp³-hybridized carbons (Fsp3) is 0.227. The summed E-state index contributed by atoms with van der Waals surface area (Å²) in [6.07, 6.45) is 12.6. The quantitative estimate of drug-likeness (QED) is 0.731. The normalized spacial score (nSPS) is 17.6. The monoisotopic (exact) mass is 345 g/mol. The summed E-state index contributed by atoms with van der Waals surface area (Å²) < 4.78 is 5.21. The Morgan fingerprint density at radius 2 is 2.08 bits per heavy atom. The number of rotatable bonds is 5. The van der Waals surface area contributed by atoms with Gasteiger partial charge in [-0.15, -0.1) is 0 Å². The van der Waals surface area contributed by atoms with Gasteiger partial charge < -0.3 is 15.0 Å². The molecule has 0 saturated heterocycles. The zero-order valence-corrected chi connectivity index (χ0v) is 14.9. The van der Waals surface area contributed by atoms with E-state index in [9.17, 15) is 0 Å². The van der Waals surface area contributed by atoms with Crippen LogP contribution in [0.4, 0.5) is 0 Å². The predicted molar refractivity (Wildman–Crippen MR) is 106 cm³/mol. The van der Waals surface area contributed by atoms with Crippen LogP contribution in [0.25, 0.3) is 17.1 Å². The van der Waals surface area contributed by atoms with Gasteiger partial charge in [0.25, 0.3) is 0 Å². The van der Waals surface area contributed by atoms with Gasteiger partial charge in [0.1, 0.15) is 11.4 Å². The summed E-state index contributed by atoms with van der Waals surface area (Å²) in [5.41, 5.74) is 4.85. The molecule has 0 fully saturated rings. The Labute approximate surface area is 153 Å². The van der Waals surface area contributed by atoms with Gasteiger partial charge in [0.2, 0.25) is 0 Å². The Morgan fingerprint density at radius 3 is 2.92 bits per heavy atom. The number of methoxy groups -OCH3 is 1. The first-order valence-electron chi connectivity index (χ1n) is 8.97. The molecule has 0 radical (unpaired) electrons. The van der Waals surface area contributed by atoms with Crippen molar-refractivity contribution in [3.05, 3.63) is 77.6 Å². The zero-order valence-electron chi connectivity index (χ0n) is 14.9. The second-order valence-electron chi connectivity index (χ2n) is 6.61. The van der Waals surface area contributed by atoms with E-state index in [-0.39, 0.29) is 0 Å². The lowest BCUT2D eigenvalue weighted by Gasteiger charge is -2.23. The van der Waals surface area contributed by atoms with E-state index < -0.39 is 0 Å². The summed E-state index contributed by atoms with van der Waals surface area (Å²) in [7, 11) is 1.69. The van der Waals surface area contributed by atoms with Gasteiger partial charge in [0, 0.05) is 30.4 Å². The number of aromatic nitrogens is 2. The molecule has 3 heterocycles. The van der Waals surface area contributed by atoms with Crippen molar-refractivity contribution in [1.82, 2.24) is 15.3 Å². The minimum atomic E-state index is 0.440. The Morgan fingerprint density at radius 1 is 1.19 bits per heavy atom. The average molecular weight is 345 g/mol. The number of benzene rings is 1. The molecule has 4 nitrogen and oxygen atoms in total.